The molecule has 1 amide bonds. The third-order valence-corrected chi connectivity index (χ3v) is 6.13. The summed E-state index contributed by atoms with van der Waals surface area (Å²) in [7, 11) is 1.51. The van der Waals surface area contributed by atoms with Crippen molar-refractivity contribution in [1.29, 1.82) is 0 Å². The van der Waals surface area contributed by atoms with Gasteiger partial charge >= 0.3 is 5.91 Å². The van der Waals surface area contributed by atoms with Crippen LogP contribution in [0.25, 0.3) is 16.5 Å². The molecule has 1 aliphatic rings. The monoisotopic (exact) mass is 484 g/mol. The second-order valence-corrected chi connectivity index (χ2v) is 8.37. The van der Waals surface area contributed by atoms with Crippen LogP contribution in [-0.2, 0) is 9.59 Å². The van der Waals surface area contributed by atoms with Crippen molar-refractivity contribution in [2.45, 2.75) is 19.9 Å². The first-order chi connectivity index (χ1) is 17.4. The van der Waals surface area contributed by atoms with Gasteiger partial charge in [-0.2, -0.15) is 0 Å². The molecule has 182 valence electrons. The number of nitrogens with zero attached hydrogens (tertiary/aromatic N) is 2. The molecule has 1 aliphatic heterocycles. The van der Waals surface area contributed by atoms with Crippen molar-refractivity contribution in [3.05, 3.63) is 89.2 Å². The summed E-state index contributed by atoms with van der Waals surface area (Å²) < 4.78 is 16.3. The van der Waals surface area contributed by atoms with Gasteiger partial charge in [0.05, 0.1) is 25.3 Å². The van der Waals surface area contributed by atoms with Crippen LogP contribution >= 0.6 is 0 Å². The number of ether oxygens (including phenoxy) is 2. The third kappa shape index (κ3) is 3.86. The first-order valence-corrected chi connectivity index (χ1v) is 11.5. The van der Waals surface area contributed by atoms with E-state index in [1.165, 1.54) is 12.0 Å². The van der Waals surface area contributed by atoms with Crippen LogP contribution in [0.5, 0.6) is 11.5 Å². The van der Waals surface area contributed by atoms with Gasteiger partial charge in [-0.05, 0) is 48.4 Å². The Morgan fingerprint density at radius 3 is 2.50 bits per heavy atom. The van der Waals surface area contributed by atoms with Crippen LogP contribution < -0.4 is 14.4 Å². The van der Waals surface area contributed by atoms with Gasteiger partial charge in [0, 0.05) is 11.6 Å². The van der Waals surface area contributed by atoms with Crippen LogP contribution in [0.1, 0.15) is 29.9 Å². The molecule has 1 saturated heterocycles. The van der Waals surface area contributed by atoms with E-state index in [9.17, 15) is 14.7 Å². The molecule has 0 bridgehead atoms. The van der Waals surface area contributed by atoms with Gasteiger partial charge in [-0.15, -0.1) is 0 Å². The van der Waals surface area contributed by atoms with E-state index < -0.39 is 17.7 Å². The molecule has 0 unspecified atom stereocenters. The highest BCUT2D eigenvalue weighted by Crippen LogP contribution is 2.44. The number of hydrogen-bond donors (Lipinski definition) is 1. The largest absolute Gasteiger partial charge is 0.507 e. The van der Waals surface area contributed by atoms with Crippen LogP contribution in [0.3, 0.4) is 0 Å². The zero-order valence-electron chi connectivity index (χ0n) is 20.0. The summed E-state index contributed by atoms with van der Waals surface area (Å²) in [5.41, 5.74) is 0.908. The lowest BCUT2D eigenvalue weighted by Gasteiger charge is -2.23. The number of fused-ring (bicyclic) bond motifs is 1. The summed E-state index contributed by atoms with van der Waals surface area (Å²) in [5.74, 6) is -0.314. The highest BCUT2D eigenvalue weighted by molar-refractivity contribution is 6.51. The number of aryl methyl sites for hydroxylation is 1. The Morgan fingerprint density at radius 2 is 1.81 bits per heavy atom. The average Bonchev–Trinajstić information content (AvgIpc) is 3.43. The second kappa shape index (κ2) is 9.22. The fraction of sp³-hybridized carbons (Fsp3) is 0.179. The Morgan fingerprint density at radius 1 is 1.03 bits per heavy atom. The summed E-state index contributed by atoms with van der Waals surface area (Å²) in [5, 5.41) is 17.3. The van der Waals surface area contributed by atoms with E-state index in [1.54, 1.807) is 43.3 Å². The molecule has 0 radical (unpaired) electrons. The molecule has 8 heteroatoms. The molecule has 1 aromatic heterocycles. The number of ketones is 1. The van der Waals surface area contributed by atoms with Crippen LogP contribution in [0.2, 0.25) is 0 Å². The maximum atomic E-state index is 13.4. The summed E-state index contributed by atoms with van der Waals surface area (Å²) >= 11 is 0. The van der Waals surface area contributed by atoms with Crippen LogP contribution in [0, 0.1) is 6.92 Å². The topological polar surface area (TPSA) is 102 Å². The SMILES string of the molecule is CCOc1ccc([C@H]2/C(=C(\O)c3ccc4ccccc4c3)C(=O)C(=O)N2c2cc(C)on2)cc1OC. The van der Waals surface area contributed by atoms with Crippen molar-refractivity contribution in [3.8, 4) is 11.5 Å². The molecule has 0 saturated carbocycles. The number of anilines is 1. The highest BCUT2D eigenvalue weighted by atomic mass is 16.5. The standard InChI is InChI=1S/C28H24N2O6/c1-4-35-21-12-11-19(15-22(21)34-3)25-24(27(32)28(33)30(25)23-13-16(2)36-29-23)26(31)20-10-9-17-7-5-6-8-18(17)14-20/h5-15,25,31H,4H2,1-3H3/b26-24+/t25-/m0/s1. The van der Waals surface area contributed by atoms with E-state index >= 15 is 0 Å². The molecule has 1 fully saturated rings. The molecule has 1 atom stereocenters. The number of Topliss-reactive ketones (excluding diaryl/α,β-unsaturated/α-hetero) is 1. The van der Waals surface area contributed by atoms with E-state index in [0.717, 1.165) is 10.8 Å². The third-order valence-electron chi connectivity index (χ3n) is 6.13. The first kappa shape index (κ1) is 23.2. The van der Waals surface area contributed by atoms with Crippen molar-refractivity contribution in [3.63, 3.8) is 0 Å². The number of carbonyl (C=O) groups is 2. The number of aliphatic hydroxyl groups is 1. The van der Waals surface area contributed by atoms with Gasteiger partial charge < -0.3 is 19.1 Å². The average molecular weight is 485 g/mol. The molecule has 3 aromatic carbocycles. The fourth-order valence-electron chi connectivity index (χ4n) is 4.47. The quantitative estimate of drug-likeness (QED) is 0.229. The van der Waals surface area contributed by atoms with E-state index in [4.69, 9.17) is 14.0 Å². The predicted octanol–water partition coefficient (Wildman–Crippen LogP) is 5.17. The lowest BCUT2D eigenvalue weighted by Crippen LogP contribution is -2.29. The minimum Gasteiger partial charge on any atom is -0.507 e. The molecular weight excluding hydrogens is 460 g/mol. The van der Waals surface area contributed by atoms with Crippen LogP contribution in [0.15, 0.2) is 76.8 Å². The maximum absolute atomic E-state index is 13.4. The van der Waals surface area contributed by atoms with Gasteiger partial charge in [-0.25, -0.2) is 0 Å². The number of methoxy groups -OCH3 is 1. The van der Waals surface area contributed by atoms with E-state index in [0.29, 0.717) is 35.0 Å². The lowest BCUT2D eigenvalue weighted by atomic mass is 9.94. The zero-order chi connectivity index (χ0) is 25.4. The smallest absolute Gasteiger partial charge is 0.301 e. The lowest BCUT2D eigenvalue weighted by molar-refractivity contribution is -0.132. The molecule has 8 nitrogen and oxygen atoms in total. The predicted molar refractivity (Wildman–Crippen MR) is 134 cm³/mol. The minimum absolute atomic E-state index is 0.0536. The number of aromatic nitrogens is 1. The van der Waals surface area contributed by atoms with Crippen molar-refractivity contribution in [2.24, 2.45) is 0 Å². The van der Waals surface area contributed by atoms with Crippen LogP contribution in [0.4, 0.5) is 5.82 Å². The van der Waals surface area contributed by atoms with Gasteiger partial charge in [0.25, 0.3) is 5.78 Å². The molecule has 5 rings (SSSR count). The number of carbonyl (C=O) groups excluding carboxylic acids is 2. The molecular formula is C28H24N2O6. The summed E-state index contributed by atoms with van der Waals surface area (Å²) in [6.07, 6.45) is 0. The summed E-state index contributed by atoms with van der Waals surface area (Å²) in [4.78, 5) is 27.9. The number of aliphatic hydroxyl groups excluding tert-OH is 1. The van der Waals surface area contributed by atoms with Crippen molar-refractivity contribution < 1.29 is 28.7 Å². The van der Waals surface area contributed by atoms with Crippen LogP contribution in [-0.4, -0.2) is 35.7 Å². The van der Waals surface area contributed by atoms with Gasteiger partial charge in [0.2, 0.25) is 0 Å². The number of amides is 1. The van der Waals surface area contributed by atoms with E-state index in [2.05, 4.69) is 5.16 Å². The maximum Gasteiger partial charge on any atom is 0.301 e. The number of benzene rings is 3. The Labute approximate surface area is 207 Å². The zero-order valence-corrected chi connectivity index (χ0v) is 20.0. The Balaban J connectivity index is 1.72. The van der Waals surface area contributed by atoms with E-state index in [1.807, 2.05) is 37.3 Å². The van der Waals surface area contributed by atoms with Gasteiger partial charge in [-0.1, -0.05) is 47.6 Å². The minimum atomic E-state index is -0.967. The van der Waals surface area contributed by atoms with Crippen molar-refractivity contribution in [2.75, 3.05) is 18.6 Å². The van der Waals surface area contributed by atoms with Gasteiger partial charge in [-0.3, -0.25) is 14.5 Å². The molecule has 4 aromatic rings. The fourth-order valence-corrected chi connectivity index (χ4v) is 4.47. The second-order valence-electron chi connectivity index (χ2n) is 8.37. The Bertz CT molecular complexity index is 1520. The molecule has 0 spiro atoms. The number of rotatable bonds is 6. The summed E-state index contributed by atoms with van der Waals surface area (Å²) in [6, 6.07) is 18.8. The molecule has 2 heterocycles. The van der Waals surface area contributed by atoms with E-state index in [-0.39, 0.29) is 17.2 Å². The highest BCUT2D eigenvalue weighted by Gasteiger charge is 2.48. The Kier molecular flexibility index (Phi) is 5.93. The summed E-state index contributed by atoms with van der Waals surface area (Å²) in [6.45, 7) is 3.99. The van der Waals surface area contributed by atoms with Crippen molar-refractivity contribution >= 4 is 34.0 Å². The first-order valence-electron chi connectivity index (χ1n) is 11.5. The Hall–Kier alpha value is -4.59. The van der Waals surface area contributed by atoms with Crippen molar-refractivity contribution in [1.82, 2.24) is 5.16 Å². The van der Waals surface area contributed by atoms with Gasteiger partial charge in [0.15, 0.2) is 17.3 Å². The molecule has 1 N–H and O–H groups in total. The molecule has 0 aliphatic carbocycles. The normalized spacial score (nSPS) is 17.1. The number of hydrogen-bond acceptors (Lipinski definition) is 7. The molecule has 36 heavy (non-hydrogen) atoms. The van der Waals surface area contributed by atoms with Gasteiger partial charge in [0.1, 0.15) is 11.5 Å².